The van der Waals surface area contributed by atoms with Crippen LogP contribution in [-0.2, 0) is 10.0 Å². The lowest BCUT2D eigenvalue weighted by Crippen LogP contribution is -2.55. The second-order valence-electron chi connectivity index (χ2n) is 4.99. The van der Waals surface area contributed by atoms with Crippen LogP contribution in [0.25, 0.3) is 0 Å². The number of nitrogens with one attached hydrogen (secondary N) is 1. The topological polar surface area (TPSA) is 119 Å². The number of sulfonamides is 1. The molecule has 0 radical (unpaired) electrons. The Hall–Kier alpha value is -1.71. The van der Waals surface area contributed by atoms with Crippen molar-refractivity contribution in [2.24, 2.45) is 0 Å². The average Bonchev–Trinajstić information content (AvgIpc) is 2.42. The second kappa shape index (κ2) is 5.58. The summed E-state index contributed by atoms with van der Waals surface area (Å²) in [5.41, 5.74) is -1.23. The molecular formula is C12H16N2O6S. The summed E-state index contributed by atoms with van der Waals surface area (Å²) in [7, 11) is -2.75. The number of hydrogen-bond acceptors (Lipinski definition) is 6. The monoisotopic (exact) mass is 316 g/mol. The van der Waals surface area contributed by atoms with Gasteiger partial charge in [0.2, 0.25) is 10.0 Å². The maximum absolute atomic E-state index is 12.4. The van der Waals surface area contributed by atoms with E-state index in [9.17, 15) is 23.6 Å². The Morgan fingerprint density at radius 2 is 2.14 bits per heavy atom. The summed E-state index contributed by atoms with van der Waals surface area (Å²) in [6, 6.07) is 3.35. The van der Waals surface area contributed by atoms with Gasteiger partial charge in [0.1, 0.15) is 10.6 Å². The van der Waals surface area contributed by atoms with Crippen molar-refractivity contribution >= 4 is 15.7 Å². The fourth-order valence-corrected chi connectivity index (χ4v) is 3.87. The molecule has 1 fully saturated rings. The van der Waals surface area contributed by atoms with Crippen LogP contribution in [0.1, 0.15) is 19.3 Å². The molecule has 0 atom stereocenters. The minimum Gasteiger partial charge on any atom is -0.495 e. The van der Waals surface area contributed by atoms with Gasteiger partial charge in [0.25, 0.3) is 5.69 Å². The average molecular weight is 316 g/mol. The lowest BCUT2D eigenvalue weighted by atomic mass is 9.78. The Balaban J connectivity index is 2.43. The second-order valence-corrected chi connectivity index (χ2v) is 6.64. The Kier molecular flexibility index (Phi) is 4.17. The van der Waals surface area contributed by atoms with Gasteiger partial charge in [0, 0.05) is 12.1 Å². The van der Waals surface area contributed by atoms with Gasteiger partial charge in [-0.3, -0.25) is 10.1 Å². The van der Waals surface area contributed by atoms with E-state index in [4.69, 9.17) is 4.74 Å². The zero-order valence-electron chi connectivity index (χ0n) is 11.4. The van der Waals surface area contributed by atoms with Crippen LogP contribution in [0, 0.1) is 10.1 Å². The minimum absolute atomic E-state index is 0.0144. The van der Waals surface area contributed by atoms with E-state index in [2.05, 4.69) is 4.72 Å². The molecular weight excluding hydrogens is 300 g/mol. The van der Waals surface area contributed by atoms with Crippen molar-refractivity contribution in [1.82, 2.24) is 4.72 Å². The lowest BCUT2D eigenvalue weighted by molar-refractivity contribution is -0.385. The van der Waals surface area contributed by atoms with Gasteiger partial charge in [-0.25, -0.2) is 13.1 Å². The van der Waals surface area contributed by atoms with Crippen molar-refractivity contribution < 1.29 is 23.2 Å². The molecule has 1 aliphatic carbocycles. The summed E-state index contributed by atoms with van der Waals surface area (Å²) in [6.07, 6.45) is 1.87. The van der Waals surface area contributed by atoms with Crippen LogP contribution in [0.15, 0.2) is 23.1 Å². The van der Waals surface area contributed by atoms with Gasteiger partial charge >= 0.3 is 0 Å². The largest absolute Gasteiger partial charge is 0.495 e. The van der Waals surface area contributed by atoms with Gasteiger partial charge in [0.15, 0.2) is 0 Å². The number of non-ortho nitro benzene ring substituents is 1. The van der Waals surface area contributed by atoms with Gasteiger partial charge < -0.3 is 9.84 Å². The number of benzene rings is 1. The number of nitro benzene ring substituents is 1. The summed E-state index contributed by atoms with van der Waals surface area (Å²) in [6.45, 7) is -0.316. The van der Waals surface area contributed by atoms with Gasteiger partial charge in [-0.1, -0.05) is 0 Å². The fraction of sp³-hybridized carbons (Fsp3) is 0.500. The molecule has 1 aromatic carbocycles. The molecule has 0 unspecified atom stereocenters. The first-order valence-corrected chi connectivity index (χ1v) is 7.79. The molecule has 0 aliphatic heterocycles. The molecule has 1 aliphatic rings. The highest BCUT2D eigenvalue weighted by molar-refractivity contribution is 7.89. The number of nitro groups is 1. The van der Waals surface area contributed by atoms with Crippen molar-refractivity contribution in [3.63, 3.8) is 0 Å². The molecule has 0 amide bonds. The predicted octanol–water partition coefficient (Wildman–Crippen LogP) is 0.797. The zero-order valence-corrected chi connectivity index (χ0v) is 12.2. The predicted molar refractivity (Wildman–Crippen MR) is 73.6 cm³/mol. The molecule has 0 aromatic heterocycles. The Labute approximate surface area is 121 Å². The number of rotatable bonds is 6. The van der Waals surface area contributed by atoms with Crippen LogP contribution < -0.4 is 9.46 Å². The smallest absolute Gasteiger partial charge is 0.271 e. The van der Waals surface area contributed by atoms with Crippen LogP contribution >= 0.6 is 0 Å². The molecule has 2 N–H and O–H groups in total. The summed E-state index contributed by atoms with van der Waals surface area (Å²) in [5, 5.41) is 20.1. The standard InChI is InChI=1S/C12H16N2O6S/c1-20-10-4-3-9(14(16)17)7-11(10)21(18,19)13-12(8-15)5-2-6-12/h3-4,7,13,15H,2,5-6,8H2,1H3. The Morgan fingerprint density at radius 3 is 2.57 bits per heavy atom. The lowest BCUT2D eigenvalue weighted by Gasteiger charge is -2.40. The summed E-state index contributed by atoms with van der Waals surface area (Å²) in [4.78, 5) is 9.81. The van der Waals surface area contributed by atoms with Crippen LogP contribution in [0.4, 0.5) is 5.69 Å². The molecule has 2 rings (SSSR count). The summed E-state index contributed by atoms with van der Waals surface area (Å²) < 4.78 is 32.3. The van der Waals surface area contributed by atoms with Crippen LogP contribution in [-0.4, -0.2) is 37.7 Å². The molecule has 21 heavy (non-hydrogen) atoms. The number of ether oxygens (including phenoxy) is 1. The third kappa shape index (κ3) is 2.99. The molecule has 1 saturated carbocycles. The zero-order chi connectivity index (χ0) is 15.7. The molecule has 8 nitrogen and oxygen atoms in total. The highest BCUT2D eigenvalue weighted by atomic mass is 32.2. The van der Waals surface area contributed by atoms with Gasteiger partial charge in [-0.05, 0) is 25.3 Å². The number of hydrogen-bond donors (Lipinski definition) is 2. The molecule has 1 aromatic rings. The Morgan fingerprint density at radius 1 is 1.48 bits per heavy atom. The van der Waals surface area contributed by atoms with Gasteiger partial charge in [-0.2, -0.15) is 0 Å². The van der Waals surface area contributed by atoms with E-state index in [0.29, 0.717) is 12.8 Å². The summed E-state index contributed by atoms with van der Waals surface area (Å²) >= 11 is 0. The molecule has 0 heterocycles. The quantitative estimate of drug-likeness (QED) is 0.592. The normalized spacial score (nSPS) is 17.0. The first kappa shape index (κ1) is 15.7. The highest BCUT2D eigenvalue weighted by Crippen LogP contribution is 2.35. The molecule has 0 bridgehead atoms. The first-order chi connectivity index (χ1) is 9.83. The van der Waals surface area contributed by atoms with E-state index in [0.717, 1.165) is 12.5 Å². The van der Waals surface area contributed by atoms with E-state index in [-0.39, 0.29) is 22.9 Å². The van der Waals surface area contributed by atoms with Crippen molar-refractivity contribution in [2.45, 2.75) is 29.7 Å². The maximum Gasteiger partial charge on any atom is 0.271 e. The van der Waals surface area contributed by atoms with Crippen molar-refractivity contribution in [3.8, 4) is 5.75 Å². The summed E-state index contributed by atoms with van der Waals surface area (Å²) in [5.74, 6) is 0.0144. The number of methoxy groups -OCH3 is 1. The number of aliphatic hydroxyl groups excluding tert-OH is 1. The van der Waals surface area contributed by atoms with Gasteiger partial charge in [-0.15, -0.1) is 0 Å². The minimum atomic E-state index is -4.03. The van der Waals surface area contributed by atoms with E-state index in [1.54, 1.807) is 0 Å². The third-order valence-electron chi connectivity index (χ3n) is 3.61. The van der Waals surface area contributed by atoms with Gasteiger partial charge in [0.05, 0.1) is 24.2 Å². The van der Waals surface area contributed by atoms with Crippen LogP contribution in [0.3, 0.4) is 0 Å². The molecule has 0 saturated heterocycles. The highest BCUT2D eigenvalue weighted by Gasteiger charge is 2.41. The van der Waals surface area contributed by atoms with Crippen molar-refractivity contribution in [1.29, 1.82) is 0 Å². The van der Waals surface area contributed by atoms with E-state index in [1.807, 2.05) is 0 Å². The van der Waals surface area contributed by atoms with Crippen molar-refractivity contribution in [3.05, 3.63) is 28.3 Å². The van der Waals surface area contributed by atoms with Crippen LogP contribution in [0.5, 0.6) is 5.75 Å². The number of aliphatic hydroxyl groups is 1. The van der Waals surface area contributed by atoms with E-state index < -0.39 is 20.5 Å². The molecule has 9 heteroatoms. The van der Waals surface area contributed by atoms with Crippen molar-refractivity contribution in [2.75, 3.05) is 13.7 Å². The number of nitrogens with zero attached hydrogens (tertiary/aromatic N) is 1. The van der Waals surface area contributed by atoms with E-state index >= 15 is 0 Å². The third-order valence-corrected chi connectivity index (χ3v) is 5.21. The molecule has 0 spiro atoms. The van der Waals surface area contributed by atoms with E-state index in [1.165, 1.54) is 19.2 Å². The first-order valence-electron chi connectivity index (χ1n) is 6.31. The maximum atomic E-state index is 12.4. The van der Waals surface area contributed by atoms with Crippen LogP contribution in [0.2, 0.25) is 0 Å². The Bertz CT molecular complexity index is 648. The SMILES string of the molecule is COc1ccc([N+](=O)[O-])cc1S(=O)(=O)NC1(CO)CCC1. The molecule has 116 valence electrons. The fourth-order valence-electron chi connectivity index (χ4n) is 2.22.